The average molecular weight is 460 g/mol. The highest BCUT2D eigenvalue weighted by molar-refractivity contribution is 14.1. The second kappa shape index (κ2) is 5.47. The van der Waals surface area contributed by atoms with Gasteiger partial charge in [-0.1, -0.05) is 0 Å². The Hall–Kier alpha value is -0.180. The maximum absolute atomic E-state index is 12.7. The highest BCUT2D eigenvalue weighted by Gasteiger charge is 2.87. The van der Waals surface area contributed by atoms with Crippen LogP contribution in [0.1, 0.15) is 0 Å². The largest absolute Gasteiger partial charge is 0.387 e. The molecule has 0 fully saturated rings. The van der Waals surface area contributed by atoms with Gasteiger partial charge in [-0.2, -0.15) is 43.9 Å². The SMILES string of the molecule is FC(F)C(F)C(F)(F)C(F)(F)C(F)(F)C(F)(F)C(F)(F)I. The molecule has 0 saturated carbocycles. The van der Waals surface area contributed by atoms with Gasteiger partial charge in [0.2, 0.25) is 6.17 Å². The average Bonchev–Trinajstić information content (AvgIpc) is 2.25. The van der Waals surface area contributed by atoms with E-state index in [1.165, 1.54) is 0 Å². The Bertz CT molecular complexity index is 369. The van der Waals surface area contributed by atoms with Crippen molar-refractivity contribution in [1.82, 2.24) is 0 Å². The van der Waals surface area contributed by atoms with E-state index in [1.54, 1.807) is 0 Å². The van der Waals surface area contributed by atoms with Crippen molar-refractivity contribution in [3.8, 4) is 0 Å². The molecule has 0 amide bonds. The molecular formula is C7H2F13I. The minimum absolute atomic E-state index is 0.740. The standard InChI is InChI=1S/C7H2F13I/c8-1(2(9)10)3(11,12)4(13,14)5(15,16)6(17,18)7(19,20)21/h1-2H. The lowest BCUT2D eigenvalue weighted by Crippen LogP contribution is -2.68. The summed E-state index contributed by atoms with van der Waals surface area (Å²) in [5, 5.41) is 0. The zero-order chi connectivity index (χ0) is 17.7. The Labute approximate surface area is 120 Å². The predicted octanol–water partition coefficient (Wildman–Crippen LogP) is 5.16. The Morgan fingerprint density at radius 3 is 1.14 bits per heavy atom. The van der Waals surface area contributed by atoms with Gasteiger partial charge in [0.1, 0.15) is 0 Å². The third-order valence-electron chi connectivity index (χ3n) is 2.13. The van der Waals surface area contributed by atoms with Crippen molar-refractivity contribution >= 4 is 22.6 Å². The maximum atomic E-state index is 12.7. The molecule has 0 aliphatic rings. The molecule has 0 aliphatic carbocycles. The molecular weight excluding hydrogens is 458 g/mol. The summed E-state index contributed by atoms with van der Waals surface area (Å²) in [6, 6.07) is 0. The van der Waals surface area contributed by atoms with Gasteiger partial charge in [0.05, 0.1) is 0 Å². The fourth-order valence-corrected chi connectivity index (χ4v) is 1.25. The fraction of sp³-hybridized carbons (Fsp3) is 1.00. The van der Waals surface area contributed by atoms with E-state index in [1.807, 2.05) is 0 Å². The van der Waals surface area contributed by atoms with Crippen LogP contribution in [0.25, 0.3) is 0 Å². The lowest BCUT2D eigenvalue weighted by molar-refractivity contribution is -0.396. The van der Waals surface area contributed by atoms with E-state index in [4.69, 9.17) is 0 Å². The van der Waals surface area contributed by atoms with E-state index in [-0.39, 0.29) is 0 Å². The summed E-state index contributed by atoms with van der Waals surface area (Å²) in [7, 11) is 0. The number of halogens is 14. The lowest BCUT2D eigenvalue weighted by Gasteiger charge is -2.38. The van der Waals surface area contributed by atoms with Crippen LogP contribution in [0.3, 0.4) is 0 Å². The molecule has 0 radical (unpaired) electrons. The van der Waals surface area contributed by atoms with Crippen LogP contribution in [-0.4, -0.2) is 40.2 Å². The van der Waals surface area contributed by atoms with E-state index in [2.05, 4.69) is 0 Å². The Balaban J connectivity index is 6.01. The van der Waals surface area contributed by atoms with Gasteiger partial charge in [-0.3, -0.25) is 0 Å². The molecule has 128 valence electrons. The number of alkyl halides is 14. The van der Waals surface area contributed by atoms with Crippen LogP contribution in [0.2, 0.25) is 0 Å². The predicted molar refractivity (Wildman–Crippen MR) is 49.7 cm³/mol. The first-order valence-corrected chi connectivity index (χ1v) is 5.43. The van der Waals surface area contributed by atoms with Crippen LogP contribution in [0.5, 0.6) is 0 Å². The monoisotopic (exact) mass is 460 g/mol. The molecule has 0 nitrogen and oxygen atoms in total. The first-order valence-electron chi connectivity index (χ1n) is 4.36. The summed E-state index contributed by atoms with van der Waals surface area (Å²) >= 11 is -0.740. The molecule has 14 heteroatoms. The number of hydrogen-bond acceptors (Lipinski definition) is 0. The molecule has 0 N–H and O–H groups in total. The van der Waals surface area contributed by atoms with Gasteiger partial charge in [-0.15, -0.1) is 0 Å². The van der Waals surface area contributed by atoms with Crippen molar-refractivity contribution in [3.05, 3.63) is 0 Å². The van der Waals surface area contributed by atoms with E-state index >= 15 is 0 Å². The maximum Gasteiger partial charge on any atom is 0.387 e. The summed E-state index contributed by atoms with van der Waals surface area (Å²) < 4.78 is 155. The van der Waals surface area contributed by atoms with Crippen LogP contribution in [0.15, 0.2) is 0 Å². The van der Waals surface area contributed by atoms with Gasteiger partial charge in [-0.25, -0.2) is 13.2 Å². The summed E-state index contributed by atoms with van der Waals surface area (Å²) in [5.74, 6) is -29.1. The van der Waals surface area contributed by atoms with Gasteiger partial charge in [0.25, 0.3) is 6.43 Å². The molecule has 0 bridgehead atoms. The van der Waals surface area contributed by atoms with Crippen LogP contribution in [0, 0.1) is 0 Å². The van der Waals surface area contributed by atoms with E-state index in [9.17, 15) is 57.1 Å². The normalized spacial score (nSPS) is 17.3. The zero-order valence-electron chi connectivity index (χ0n) is 8.95. The van der Waals surface area contributed by atoms with Crippen molar-refractivity contribution in [2.75, 3.05) is 0 Å². The van der Waals surface area contributed by atoms with Crippen LogP contribution in [-0.2, 0) is 0 Å². The van der Waals surface area contributed by atoms with Gasteiger partial charge < -0.3 is 0 Å². The Morgan fingerprint density at radius 2 is 0.905 bits per heavy atom. The van der Waals surface area contributed by atoms with Gasteiger partial charge in [0, 0.05) is 22.6 Å². The van der Waals surface area contributed by atoms with Gasteiger partial charge in [-0.05, 0) is 0 Å². The number of hydrogen-bond donors (Lipinski definition) is 0. The second-order valence-corrected chi connectivity index (χ2v) is 4.93. The van der Waals surface area contributed by atoms with Crippen LogP contribution in [0.4, 0.5) is 57.1 Å². The molecule has 21 heavy (non-hydrogen) atoms. The Kier molecular flexibility index (Phi) is 5.42. The topological polar surface area (TPSA) is 0 Å². The van der Waals surface area contributed by atoms with Crippen molar-refractivity contribution in [2.45, 2.75) is 40.2 Å². The highest BCUT2D eigenvalue weighted by atomic mass is 127. The van der Waals surface area contributed by atoms with Gasteiger partial charge >= 0.3 is 27.6 Å². The smallest absolute Gasteiger partial charge is 0.234 e. The summed E-state index contributed by atoms with van der Waals surface area (Å²) in [6.07, 6.45) is -10.2. The summed E-state index contributed by atoms with van der Waals surface area (Å²) in [4.78, 5) is 0. The molecule has 0 saturated heterocycles. The first-order chi connectivity index (χ1) is 8.85. The molecule has 0 aromatic rings. The van der Waals surface area contributed by atoms with Crippen molar-refractivity contribution in [2.24, 2.45) is 0 Å². The first kappa shape index (κ1) is 20.8. The van der Waals surface area contributed by atoms with E-state index in [0.29, 0.717) is 0 Å². The number of rotatable bonds is 6. The van der Waals surface area contributed by atoms with Crippen LogP contribution < -0.4 is 0 Å². The molecule has 0 aliphatic heterocycles. The minimum atomic E-state index is -7.52. The third kappa shape index (κ3) is 3.00. The molecule has 1 unspecified atom stereocenters. The molecule has 0 rings (SSSR count). The molecule has 0 heterocycles. The fourth-order valence-electron chi connectivity index (χ4n) is 0.916. The lowest BCUT2D eigenvalue weighted by atomic mass is 9.96. The third-order valence-corrected chi connectivity index (χ3v) is 2.81. The van der Waals surface area contributed by atoms with Crippen molar-refractivity contribution in [3.63, 3.8) is 0 Å². The molecule has 0 spiro atoms. The molecule has 1 atom stereocenters. The van der Waals surface area contributed by atoms with E-state index < -0.39 is 62.8 Å². The second-order valence-electron chi connectivity index (χ2n) is 3.58. The van der Waals surface area contributed by atoms with Crippen LogP contribution >= 0.6 is 22.6 Å². The van der Waals surface area contributed by atoms with Crippen molar-refractivity contribution < 1.29 is 57.1 Å². The summed E-state index contributed by atoms with van der Waals surface area (Å²) in [6.45, 7) is 0. The Morgan fingerprint density at radius 1 is 0.571 bits per heavy atom. The summed E-state index contributed by atoms with van der Waals surface area (Å²) in [5.41, 5.74) is 0. The molecule has 0 aromatic heterocycles. The molecule has 0 aromatic carbocycles. The minimum Gasteiger partial charge on any atom is -0.234 e. The zero-order valence-corrected chi connectivity index (χ0v) is 11.1. The van der Waals surface area contributed by atoms with Gasteiger partial charge in [0.15, 0.2) is 0 Å². The highest BCUT2D eigenvalue weighted by Crippen LogP contribution is 2.59. The van der Waals surface area contributed by atoms with Crippen molar-refractivity contribution in [1.29, 1.82) is 0 Å². The van der Waals surface area contributed by atoms with E-state index in [0.717, 1.165) is 0 Å². The quantitative estimate of drug-likeness (QED) is 0.292.